The number of fused-ring (bicyclic) bond motifs is 3. The van der Waals surface area contributed by atoms with Gasteiger partial charge in [0.25, 0.3) is 0 Å². The van der Waals surface area contributed by atoms with Gasteiger partial charge < -0.3 is 0 Å². The quantitative estimate of drug-likeness (QED) is 0.155. The summed E-state index contributed by atoms with van der Waals surface area (Å²) in [7, 11) is 0. The highest BCUT2D eigenvalue weighted by Gasteiger charge is 2.06. The SMILES string of the molecule is Brc1cc(Br)cc(C=NC(=NCc2ccc3c(c2)sc2ccccc23)c2ccccc2)c1. The molecule has 0 saturated carbocycles. The second kappa shape index (κ2) is 9.49. The molecule has 5 aromatic rings. The third-order valence-corrected chi connectivity index (χ3v) is 7.16. The smallest absolute Gasteiger partial charge is 0.154 e. The van der Waals surface area contributed by atoms with E-state index in [9.17, 15) is 0 Å². The lowest BCUT2D eigenvalue weighted by Gasteiger charge is -2.04. The zero-order valence-electron chi connectivity index (χ0n) is 17.0. The molecule has 0 unspecified atom stereocenters. The molecule has 0 N–H and O–H groups in total. The van der Waals surface area contributed by atoms with Crippen LogP contribution in [0.2, 0.25) is 0 Å². The number of hydrogen-bond donors (Lipinski definition) is 0. The number of thiophene rings is 1. The molecule has 0 aliphatic carbocycles. The Balaban J connectivity index is 1.48. The fourth-order valence-electron chi connectivity index (χ4n) is 3.61. The van der Waals surface area contributed by atoms with Crippen LogP contribution in [-0.2, 0) is 6.54 Å². The van der Waals surface area contributed by atoms with Crippen LogP contribution in [0, 0.1) is 0 Å². The van der Waals surface area contributed by atoms with Gasteiger partial charge in [-0.25, -0.2) is 4.99 Å². The number of halogens is 2. The Kier molecular flexibility index (Phi) is 6.30. The van der Waals surface area contributed by atoms with Gasteiger partial charge in [0.1, 0.15) is 0 Å². The van der Waals surface area contributed by atoms with E-state index < -0.39 is 0 Å². The second-order valence-electron chi connectivity index (χ2n) is 7.40. The summed E-state index contributed by atoms with van der Waals surface area (Å²) < 4.78 is 4.62. The van der Waals surface area contributed by atoms with Gasteiger partial charge in [-0.05, 0) is 41.5 Å². The van der Waals surface area contributed by atoms with E-state index in [1.807, 2.05) is 66.1 Å². The van der Waals surface area contributed by atoms with Crippen LogP contribution < -0.4 is 0 Å². The molecule has 1 heterocycles. The molecule has 0 spiro atoms. The Bertz CT molecular complexity index is 1450. The van der Waals surface area contributed by atoms with Crippen molar-refractivity contribution in [3.05, 3.63) is 117 Å². The average Bonchev–Trinajstić information content (AvgIpc) is 3.17. The van der Waals surface area contributed by atoms with Crippen molar-refractivity contribution in [1.29, 1.82) is 0 Å². The molecule has 1 aromatic heterocycles. The molecular formula is C27H18Br2N2S. The van der Waals surface area contributed by atoms with E-state index >= 15 is 0 Å². The summed E-state index contributed by atoms with van der Waals surface area (Å²) in [4.78, 5) is 9.63. The minimum Gasteiger partial charge on any atom is -0.261 e. The molecule has 156 valence electrons. The lowest BCUT2D eigenvalue weighted by Crippen LogP contribution is -1.99. The monoisotopic (exact) mass is 560 g/mol. The number of rotatable bonds is 4. The van der Waals surface area contributed by atoms with Gasteiger partial charge in [0.15, 0.2) is 5.84 Å². The third kappa shape index (κ3) is 4.75. The van der Waals surface area contributed by atoms with Gasteiger partial charge in [-0.1, -0.05) is 92.5 Å². The minimum absolute atomic E-state index is 0.577. The fraction of sp³-hybridized carbons (Fsp3) is 0.0370. The van der Waals surface area contributed by atoms with Gasteiger partial charge in [0, 0.05) is 40.9 Å². The van der Waals surface area contributed by atoms with E-state index in [0.717, 1.165) is 25.9 Å². The number of aliphatic imine (C=N–C) groups is 2. The van der Waals surface area contributed by atoms with E-state index in [1.54, 1.807) is 0 Å². The molecule has 0 amide bonds. The molecule has 4 aromatic carbocycles. The Morgan fingerprint density at radius 2 is 1.47 bits per heavy atom. The summed E-state index contributed by atoms with van der Waals surface area (Å²) in [6.07, 6.45) is 1.86. The van der Waals surface area contributed by atoms with Crippen LogP contribution in [0.5, 0.6) is 0 Å². The molecule has 0 bridgehead atoms. The van der Waals surface area contributed by atoms with Gasteiger partial charge in [0.2, 0.25) is 0 Å². The molecule has 5 rings (SSSR count). The maximum atomic E-state index is 4.88. The third-order valence-electron chi connectivity index (χ3n) is 5.11. The lowest BCUT2D eigenvalue weighted by molar-refractivity contribution is 1.07. The van der Waals surface area contributed by atoms with Crippen LogP contribution in [0.25, 0.3) is 20.2 Å². The molecule has 0 radical (unpaired) electrons. The molecule has 0 aliphatic heterocycles. The predicted molar refractivity (Wildman–Crippen MR) is 145 cm³/mol. The maximum Gasteiger partial charge on any atom is 0.154 e. The molecular weight excluding hydrogens is 544 g/mol. The van der Waals surface area contributed by atoms with Crippen LogP contribution in [0.1, 0.15) is 16.7 Å². The van der Waals surface area contributed by atoms with Gasteiger partial charge >= 0.3 is 0 Å². The van der Waals surface area contributed by atoms with Gasteiger partial charge in [0.05, 0.1) is 6.54 Å². The van der Waals surface area contributed by atoms with Crippen molar-refractivity contribution in [3.63, 3.8) is 0 Å². The van der Waals surface area contributed by atoms with Crippen LogP contribution in [0.4, 0.5) is 0 Å². The standard InChI is InChI=1S/C27H18Br2N2S/c28-21-12-19(13-22(29)15-21)17-31-27(20-6-2-1-3-7-20)30-16-18-10-11-24-23-8-4-5-9-25(23)32-26(24)14-18/h1-15,17H,16H2. The van der Waals surface area contributed by atoms with Crippen LogP contribution in [0.15, 0.2) is 110 Å². The van der Waals surface area contributed by atoms with Crippen molar-refractivity contribution in [2.24, 2.45) is 9.98 Å². The van der Waals surface area contributed by atoms with Crippen molar-refractivity contribution in [3.8, 4) is 0 Å². The van der Waals surface area contributed by atoms with Crippen LogP contribution in [0.3, 0.4) is 0 Å². The summed E-state index contributed by atoms with van der Waals surface area (Å²) in [6, 6.07) is 31.4. The molecule has 0 atom stereocenters. The van der Waals surface area contributed by atoms with Crippen molar-refractivity contribution in [2.45, 2.75) is 6.54 Å². The summed E-state index contributed by atoms with van der Waals surface area (Å²) in [5.74, 6) is 0.720. The zero-order valence-corrected chi connectivity index (χ0v) is 21.0. The highest BCUT2D eigenvalue weighted by Crippen LogP contribution is 2.34. The van der Waals surface area contributed by atoms with E-state index in [2.05, 4.69) is 74.3 Å². The van der Waals surface area contributed by atoms with Crippen molar-refractivity contribution < 1.29 is 0 Å². The Labute approximate surface area is 207 Å². The molecule has 0 fully saturated rings. The number of amidine groups is 1. The summed E-state index contributed by atoms with van der Waals surface area (Å²) >= 11 is 8.90. The molecule has 0 saturated heterocycles. The summed E-state index contributed by atoms with van der Waals surface area (Å²) in [5, 5.41) is 2.62. The molecule has 0 aliphatic rings. The zero-order chi connectivity index (χ0) is 21.9. The van der Waals surface area contributed by atoms with Gasteiger partial charge in [-0.2, -0.15) is 0 Å². The van der Waals surface area contributed by atoms with Crippen molar-refractivity contribution in [2.75, 3.05) is 0 Å². The highest BCUT2D eigenvalue weighted by atomic mass is 79.9. The van der Waals surface area contributed by atoms with Gasteiger partial charge in [-0.3, -0.25) is 4.99 Å². The first-order valence-corrected chi connectivity index (χ1v) is 12.6. The first-order valence-electron chi connectivity index (χ1n) is 10.2. The first kappa shape index (κ1) is 21.3. The van der Waals surface area contributed by atoms with Crippen molar-refractivity contribution in [1.82, 2.24) is 0 Å². The van der Waals surface area contributed by atoms with E-state index in [-0.39, 0.29) is 0 Å². The average molecular weight is 562 g/mol. The number of benzene rings is 4. The van der Waals surface area contributed by atoms with Crippen molar-refractivity contribution >= 4 is 75.4 Å². The Morgan fingerprint density at radius 1 is 0.750 bits per heavy atom. The lowest BCUT2D eigenvalue weighted by atomic mass is 10.1. The van der Waals surface area contributed by atoms with Crippen LogP contribution in [-0.4, -0.2) is 12.1 Å². The van der Waals surface area contributed by atoms with E-state index in [1.165, 1.54) is 25.7 Å². The number of nitrogens with zero attached hydrogens (tertiary/aromatic N) is 2. The van der Waals surface area contributed by atoms with Gasteiger partial charge in [-0.15, -0.1) is 11.3 Å². The van der Waals surface area contributed by atoms with E-state index in [4.69, 9.17) is 9.98 Å². The predicted octanol–water partition coefficient (Wildman–Crippen LogP) is 8.65. The topological polar surface area (TPSA) is 24.7 Å². The highest BCUT2D eigenvalue weighted by molar-refractivity contribution is 9.11. The second-order valence-corrected chi connectivity index (χ2v) is 10.3. The summed E-state index contributed by atoms with van der Waals surface area (Å²) in [6.45, 7) is 0.577. The minimum atomic E-state index is 0.577. The van der Waals surface area contributed by atoms with E-state index in [0.29, 0.717) is 6.54 Å². The maximum absolute atomic E-state index is 4.88. The van der Waals surface area contributed by atoms with Crippen LogP contribution >= 0.6 is 43.2 Å². The molecule has 2 nitrogen and oxygen atoms in total. The Hall–Kier alpha value is -2.60. The largest absolute Gasteiger partial charge is 0.261 e. The Morgan fingerprint density at radius 3 is 2.28 bits per heavy atom. The first-order chi connectivity index (χ1) is 15.7. The molecule has 32 heavy (non-hydrogen) atoms. The number of hydrogen-bond acceptors (Lipinski definition) is 2. The normalized spacial score (nSPS) is 12.2. The molecule has 5 heteroatoms. The fourth-order valence-corrected chi connectivity index (χ4v) is 6.11. The summed E-state index contributed by atoms with van der Waals surface area (Å²) in [5.41, 5.74) is 3.18.